The van der Waals surface area contributed by atoms with Crippen LogP contribution in [-0.2, 0) is 13.6 Å². The van der Waals surface area contributed by atoms with E-state index >= 15 is 0 Å². The SMILES string of the molecule is Cn1c(Nc2c(Cl)ccc(CNCC(C)(C)C)c2Cl)nc2cc(C(=O)NC3CCC(C(F)(F)F)CC3)c(NC3CC(F)(F)C3)cc21. The number of alkyl halides is 5. The van der Waals surface area contributed by atoms with Gasteiger partial charge in [-0.05, 0) is 54.9 Å². The maximum Gasteiger partial charge on any atom is 0.391 e. The van der Waals surface area contributed by atoms with Crippen molar-refractivity contribution in [1.29, 1.82) is 0 Å². The maximum absolute atomic E-state index is 13.7. The minimum atomic E-state index is -4.26. The molecule has 5 rings (SSSR count). The molecule has 14 heteroatoms. The van der Waals surface area contributed by atoms with Gasteiger partial charge in [-0.2, -0.15) is 13.2 Å². The van der Waals surface area contributed by atoms with Crippen LogP contribution in [-0.4, -0.2) is 46.2 Å². The highest BCUT2D eigenvalue weighted by Crippen LogP contribution is 2.41. The minimum Gasteiger partial charge on any atom is -0.381 e. The van der Waals surface area contributed by atoms with Crippen molar-refractivity contribution in [3.05, 3.63) is 45.4 Å². The van der Waals surface area contributed by atoms with Crippen LogP contribution in [0, 0.1) is 11.3 Å². The Labute approximate surface area is 275 Å². The first-order valence-corrected chi connectivity index (χ1v) is 16.1. The number of hydrogen-bond donors (Lipinski definition) is 4. The molecule has 0 aliphatic heterocycles. The predicted molar refractivity (Wildman–Crippen MR) is 172 cm³/mol. The van der Waals surface area contributed by atoms with E-state index in [0.29, 0.717) is 44.9 Å². The number of halogens is 7. The van der Waals surface area contributed by atoms with Gasteiger partial charge in [0.15, 0.2) is 0 Å². The topological polar surface area (TPSA) is 83.0 Å². The smallest absolute Gasteiger partial charge is 0.381 e. The van der Waals surface area contributed by atoms with Crippen LogP contribution in [0.25, 0.3) is 11.0 Å². The van der Waals surface area contributed by atoms with Crippen molar-refractivity contribution in [3.8, 4) is 0 Å². The van der Waals surface area contributed by atoms with Gasteiger partial charge in [0.2, 0.25) is 5.95 Å². The lowest BCUT2D eigenvalue weighted by atomic mass is 9.85. The van der Waals surface area contributed by atoms with E-state index in [1.165, 1.54) is 0 Å². The average Bonchev–Trinajstić information content (AvgIpc) is 3.24. The van der Waals surface area contributed by atoms with E-state index in [1.807, 2.05) is 6.07 Å². The molecule has 0 unspecified atom stereocenters. The van der Waals surface area contributed by atoms with Crippen molar-refractivity contribution in [2.45, 2.75) is 90.0 Å². The summed E-state index contributed by atoms with van der Waals surface area (Å²) in [6.07, 6.45) is -4.74. The number of fused-ring (bicyclic) bond motifs is 1. The molecule has 0 bridgehead atoms. The van der Waals surface area contributed by atoms with Gasteiger partial charge in [-0.1, -0.05) is 50.0 Å². The van der Waals surface area contributed by atoms with Crippen LogP contribution in [0.1, 0.15) is 75.2 Å². The normalized spacial score (nSPS) is 20.4. The quantitative estimate of drug-likeness (QED) is 0.169. The van der Waals surface area contributed by atoms with Gasteiger partial charge >= 0.3 is 6.18 Å². The summed E-state index contributed by atoms with van der Waals surface area (Å²) in [6.45, 7) is 7.68. The molecule has 252 valence electrons. The van der Waals surface area contributed by atoms with Crippen LogP contribution < -0.4 is 21.3 Å². The van der Waals surface area contributed by atoms with E-state index in [1.54, 1.807) is 29.8 Å². The summed E-state index contributed by atoms with van der Waals surface area (Å²) in [4.78, 5) is 18.2. The standard InChI is InChI=1S/C32H39Cl2F5N6O/c1-30(2,3)16-40-15-17-5-10-22(33)27(26(17)34)44-29-43-24-11-21(28(46)42-19-8-6-18(7-9-19)32(37,38)39)23(12-25(24)45(29)4)41-20-13-31(35,36)14-20/h5,10-12,18-20,40-41H,6-9,13-16H2,1-4H3,(H,42,46)(H,43,44). The second kappa shape index (κ2) is 13.0. The van der Waals surface area contributed by atoms with Crippen molar-refractivity contribution in [2.24, 2.45) is 18.4 Å². The molecule has 0 spiro atoms. The van der Waals surface area contributed by atoms with E-state index in [2.05, 4.69) is 47.0 Å². The Balaban J connectivity index is 1.41. The van der Waals surface area contributed by atoms with Crippen molar-refractivity contribution >= 4 is 57.5 Å². The van der Waals surface area contributed by atoms with Crippen molar-refractivity contribution in [1.82, 2.24) is 20.2 Å². The molecule has 2 aliphatic rings. The van der Waals surface area contributed by atoms with Crippen LogP contribution in [0.5, 0.6) is 0 Å². The van der Waals surface area contributed by atoms with Gasteiger partial charge in [-0.25, -0.2) is 13.8 Å². The fraction of sp³-hybridized carbons (Fsp3) is 0.562. The molecule has 1 aromatic heterocycles. The Morgan fingerprint density at radius 2 is 1.72 bits per heavy atom. The Hall–Kier alpha value is -2.83. The van der Waals surface area contributed by atoms with E-state index in [4.69, 9.17) is 23.2 Å². The van der Waals surface area contributed by atoms with Crippen molar-refractivity contribution in [2.75, 3.05) is 17.2 Å². The Morgan fingerprint density at radius 3 is 2.33 bits per heavy atom. The lowest BCUT2D eigenvalue weighted by Crippen LogP contribution is -2.45. The van der Waals surface area contributed by atoms with Crippen LogP contribution >= 0.6 is 23.2 Å². The first-order valence-electron chi connectivity index (χ1n) is 15.4. The lowest BCUT2D eigenvalue weighted by molar-refractivity contribution is -0.182. The molecule has 0 radical (unpaired) electrons. The number of hydrogen-bond acceptors (Lipinski definition) is 5. The molecular formula is C32H39Cl2F5N6O. The monoisotopic (exact) mass is 688 g/mol. The van der Waals surface area contributed by atoms with Gasteiger partial charge in [-0.15, -0.1) is 0 Å². The summed E-state index contributed by atoms with van der Waals surface area (Å²) in [5.74, 6) is -4.29. The van der Waals surface area contributed by atoms with Gasteiger partial charge in [-0.3, -0.25) is 4.79 Å². The molecule has 1 heterocycles. The molecule has 7 nitrogen and oxygen atoms in total. The fourth-order valence-corrected chi connectivity index (χ4v) is 6.53. The third-order valence-electron chi connectivity index (χ3n) is 8.62. The zero-order valence-corrected chi connectivity index (χ0v) is 27.7. The number of carbonyl (C=O) groups excluding carboxylic acids is 1. The highest BCUT2D eigenvalue weighted by molar-refractivity contribution is 6.39. The van der Waals surface area contributed by atoms with Crippen LogP contribution in [0.15, 0.2) is 24.3 Å². The van der Waals surface area contributed by atoms with E-state index in [0.717, 1.165) is 12.1 Å². The number of nitrogens with one attached hydrogen (secondary N) is 4. The zero-order valence-electron chi connectivity index (χ0n) is 26.1. The minimum absolute atomic E-state index is 0.0655. The molecule has 2 fully saturated rings. The summed E-state index contributed by atoms with van der Waals surface area (Å²) in [7, 11) is 1.76. The van der Waals surface area contributed by atoms with Crippen molar-refractivity contribution < 1.29 is 26.7 Å². The number of aromatic nitrogens is 2. The van der Waals surface area contributed by atoms with Gasteiger partial charge in [0.25, 0.3) is 11.8 Å². The van der Waals surface area contributed by atoms with Crippen LogP contribution in [0.3, 0.4) is 0 Å². The Morgan fingerprint density at radius 1 is 1.04 bits per heavy atom. The molecule has 4 N–H and O–H groups in total. The summed E-state index contributed by atoms with van der Waals surface area (Å²) in [5, 5.41) is 13.4. The van der Waals surface area contributed by atoms with Crippen LogP contribution in [0.2, 0.25) is 10.0 Å². The molecule has 46 heavy (non-hydrogen) atoms. The largest absolute Gasteiger partial charge is 0.391 e. The zero-order chi connectivity index (χ0) is 33.6. The third kappa shape index (κ3) is 7.99. The number of amides is 1. The summed E-state index contributed by atoms with van der Waals surface area (Å²) >= 11 is 13.3. The number of imidazole rings is 1. The van der Waals surface area contributed by atoms with Gasteiger partial charge in [0, 0.05) is 50.7 Å². The molecule has 0 atom stereocenters. The predicted octanol–water partition coefficient (Wildman–Crippen LogP) is 8.82. The Kier molecular flexibility index (Phi) is 9.75. The number of aryl methyl sites for hydroxylation is 1. The molecule has 2 saturated carbocycles. The lowest BCUT2D eigenvalue weighted by Gasteiger charge is -2.36. The molecule has 0 saturated heterocycles. The summed E-state index contributed by atoms with van der Waals surface area (Å²) < 4.78 is 68.6. The number of nitrogens with zero attached hydrogens (tertiary/aromatic N) is 2. The highest BCUT2D eigenvalue weighted by atomic mass is 35.5. The first-order chi connectivity index (χ1) is 21.4. The Bertz CT molecular complexity index is 1590. The van der Waals surface area contributed by atoms with E-state index in [9.17, 15) is 26.7 Å². The maximum atomic E-state index is 13.7. The highest BCUT2D eigenvalue weighted by Gasteiger charge is 2.46. The number of carbonyl (C=O) groups is 1. The van der Waals surface area contributed by atoms with Crippen LogP contribution in [0.4, 0.5) is 39.3 Å². The molecule has 2 aliphatic carbocycles. The third-order valence-corrected chi connectivity index (χ3v) is 9.37. The van der Waals surface area contributed by atoms with Gasteiger partial charge < -0.3 is 25.8 Å². The van der Waals surface area contributed by atoms with Crippen molar-refractivity contribution in [3.63, 3.8) is 0 Å². The van der Waals surface area contributed by atoms with E-state index < -0.39 is 36.0 Å². The fourth-order valence-electron chi connectivity index (χ4n) is 6.00. The van der Waals surface area contributed by atoms with Gasteiger partial charge in [0.05, 0.1) is 38.2 Å². The molecule has 1 amide bonds. The number of benzene rings is 2. The second-order valence-electron chi connectivity index (χ2n) is 13.7. The summed E-state index contributed by atoms with van der Waals surface area (Å²) in [5.41, 5.74) is 2.94. The summed E-state index contributed by atoms with van der Waals surface area (Å²) in [6, 6.07) is 5.86. The second-order valence-corrected chi connectivity index (χ2v) is 14.5. The van der Waals surface area contributed by atoms with E-state index in [-0.39, 0.29) is 49.5 Å². The average molecular weight is 690 g/mol. The molecule has 3 aromatic rings. The molecule has 2 aromatic carbocycles. The molecular weight excluding hydrogens is 650 g/mol. The first kappa shape index (κ1) is 34.5. The number of anilines is 3. The number of rotatable bonds is 9. The van der Waals surface area contributed by atoms with Gasteiger partial charge in [0.1, 0.15) is 0 Å².